The second kappa shape index (κ2) is 8.27. The van der Waals surface area contributed by atoms with Gasteiger partial charge in [-0.3, -0.25) is 14.6 Å². The molecule has 1 aromatic heterocycles. The van der Waals surface area contributed by atoms with Gasteiger partial charge in [-0.15, -0.1) is 0 Å². The Morgan fingerprint density at radius 3 is 2.69 bits per heavy atom. The van der Waals surface area contributed by atoms with Gasteiger partial charge in [0.1, 0.15) is 0 Å². The molecular formula is C23H33N3O3. The van der Waals surface area contributed by atoms with Crippen LogP contribution in [0.1, 0.15) is 57.6 Å². The van der Waals surface area contributed by atoms with Gasteiger partial charge in [-0.2, -0.15) is 0 Å². The second-order valence-electron chi connectivity index (χ2n) is 9.40. The summed E-state index contributed by atoms with van der Waals surface area (Å²) in [5, 5.41) is 12.9. The molecule has 3 rings (SSSR count). The third kappa shape index (κ3) is 5.44. The van der Waals surface area contributed by atoms with Crippen LogP contribution in [0, 0.1) is 18.3 Å². The van der Waals surface area contributed by atoms with E-state index in [0.29, 0.717) is 18.0 Å². The predicted molar refractivity (Wildman–Crippen MR) is 113 cm³/mol. The van der Waals surface area contributed by atoms with E-state index in [4.69, 9.17) is 0 Å². The molecule has 1 spiro atoms. The fraction of sp³-hybridized carbons (Fsp3) is 0.609. The zero-order valence-corrected chi connectivity index (χ0v) is 18.0. The van der Waals surface area contributed by atoms with E-state index < -0.39 is 5.60 Å². The molecule has 1 aromatic rings. The summed E-state index contributed by atoms with van der Waals surface area (Å²) < 4.78 is 0. The third-order valence-corrected chi connectivity index (χ3v) is 6.36. The van der Waals surface area contributed by atoms with Gasteiger partial charge >= 0.3 is 0 Å². The van der Waals surface area contributed by atoms with Gasteiger partial charge in [0, 0.05) is 37.6 Å². The SMILES string of the molecule is CC(=Cc1ccncc1C)C(=O)NCC1CC12CCN(C(=O)CC(C)(C)O)CC2. The summed E-state index contributed by atoms with van der Waals surface area (Å²) in [4.78, 5) is 30.7. The van der Waals surface area contributed by atoms with E-state index in [1.54, 1.807) is 26.2 Å². The summed E-state index contributed by atoms with van der Waals surface area (Å²) in [6, 6.07) is 1.91. The first-order valence-electron chi connectivity index (χ1n) is 10.5. The molecular weight excluding hydrogens is 366 g/mol. The highest BCUT2D eigenvalue weighted by Crippen LogP contribution is 2.59. The molecule has 2 aliphatic rings. The number of hydrogen-bond donors (Lipinski definition) is 2. The van der Waals surface area contributed by atoms with Crippen LogP contribution >= 0.6 is 0 Å². The van der Waals surface area contributed by atoms with Crippen LogP contribution in [0.3, 0.4) is 0 Å². The highest BCUT2D eigenvalue weighted by atomic mass is 16.3. The maximum absolute atomic E-state index is 12.5. The minimum absolute atomic E-state index is 0.0268. The van der Waals surface area contributed by atoms with Crippen LogP contribution in [-0.2, 0) is 9.59 Å². The largest absolute Gasteiger partial charge is 0.390 e. The van der Waals surface area contributed by atoms with Gasteiger partial charge in [0.15, 0.2) is 0 Å². The molecule has 6 heteroatoms. The molecule has 2 heterocycles. The van der Waals surface area contributed by atoms with E-state index >= 15 is 0 Å². The van der Waals surface area contributed by atoms with Crippen LogP contribution in [0.4, 0.5) is 0 Å². The van der Waals surface area contributed by atoms with Gasteiger partial charge in [-0.1, -0.05) is 0 Å². The number of aryl methyl sites for hydroxylation is 1. The van der Waals surface area contributed by atoms with Gasteiger partial charge in [-0.05, 0) is 81.6 Å². The van der Waals surface area contributed by atoms with Crippen LogP contribution in [0.25, 0.3) is 6.08 Å². The standard InChI is InChI=1S/C23H33N3O3/c1-16(11-18-5-8-24-14-17(18)2)21(28)25-15-19-12-23(19)6-9-26(10-7-23)20(27)13-22(3,4)29/h5,8,11,14,19,29H,6-7,9-10,12-13,15H2,1-4H3,(H,25,28). The number of hydrogen-bond acceptors (Lipinski definition) is 4. The quantitative estimate of drug-likeness (QED) is 0.721. The lowest BCUT2D eigenvalue weighted by Gasteiger charge is -2.34. The summed E-state index contributed by atoms with van der Waals surface area (Å²) in [5.74, 6) is 0.500. The number of carbonyl (C=O) groups excluding carboxylic acids is 2. The van der Waals surface area contributed by atoms with E-state index in [0.717, 1.165) is 43.5 Å². The first kappa shape index (κ1) is 21.5. The number of aliphatic hydroxyl groups is 1. The van der Waals surface area contributed by atoms with Gasteiger partial charge in [0.05, 0.1) is 12.0 Å². The van der Waals surface area contributed by atoms with Crippen LogP contribution in [-0.4, -0.2) is 52.0 Å². The number of aromatic nitrogens is 1. The molecule has 1 unspecified atom stereocenters. The van der Waals surface area contributed by atoms with Crippen molar-refractivity contribution in [3.05, 3.63) is 35.2 Å². The Hall–Kier alpha value is -2.21. The molecule has 0 radical (unpaired) electrons. The van der Waals surface area contributed by atoms with E-state index in [2.05, 4.69) is 10.3 Å². The number of likely N-dealkylation sites (tertiary alicyclic amines) is 1. The van der Waals surface area contributed by atoms with Crippen molar-refractivity contribution in [2.75, 3.05) is 19.6 Å². The number of piperidine rings is 1. The van der Waals surface area contributed by atoms with E-state index in [-0.39, 0.29) is 23.7 Å². The number of nitrogens with zero attached hydrogens (tertiary/aromatic N) is 2. The van der Waals surface area contributed by atoms with Crippen molar-refractivity contribution in [1.29, 1.82) is 0 Å². The maximum Gasteiger partial charge on any atom is 0.246 e. The van der Waals surface area contributed by atoms with Gasteiger partial charge in [0.25, 0.3) is 0 Å². The molecule has 1 aliphatic heterocycles. The molecule has 0 aromatic carbocycles. The lowest BCUT2D eigenvalue weighted by Crippen LogP contribution is -2.42. The average Bonchev–Trinajstić information content (AvgIpc) is 3.32. The molecule has 6 nitrogen and oxygen atoms in total. The second-order valence-corrected chi connectivity index (χ2v) is 9.40. The minimum Gasteiger partial charge on any atom is -0.390 e. The summed E-state index contributed by atoms with van der Waals surface area (Å²) in [6.07, 6.45) is 8.68. The zero-order valence-electron chi connectivity index (χ0n) is 18.0. The highest BCUT2D eigenvalue weighted by Gasteiger charge is 2.54. The summed E-state index contributed by atoms with van der Waals surface area (Å²) >= 11 is 0. The van der Waals surface area contributed by atoms with Crippen molar-refractivity contribution < 1.29 is 14.7 Å². The molecule has 1 saturated carbocycles. The molecule has 1 saturated heterocycles. The Labute approximate surface area is 173 Å². The number of rotatable bonds is 6. The summed E-state index contributed by atoms with van der Waals surface area (Å²) in [7, 11) is 0. The average molecular weight is 400 g/mol. The normalized spacial score (nSPS) is 21.2. The monoisotopic (exact) mass is 399 g/mol. The first-order valence-corrected chi connectivity index (χ1v) is 10.5. The molecule has 1 atom stereocenters. The van der Waals surface area contributed by atoms with Crippen molar-refractivity contribution >= 4 is 17.9 Å². The Bertz CT molecular complexity index is 802. The number of pyridine rings is 1. The smallest absolute Gasteiger partial charge is 0.246 e. The summed E-state index contributed by atoms with van der Waals surface area (Å²) in [5.41, 5.74) is 2.07. The number of amides is 2. The fourth-order valence-electron chi connectivity index (χ4n) is 4.32. The van der Waals surface area contributed by atoms with Crippen molar-refractivity contribution in [1.82, 2.24) is 15.2 Å². The minimum atomic E-state index is -0.960. The van der Waals surface area contributed by atoms with Crippen molar-refractivity contribution in [3.8, 4) is 0 Å². The molecule has 29 heavy (non-hydrogen) atoms. The number of carbonyl (C=O) groups is 2. The Kier molecular flexibility index (Phi) is 6.13. The molecule has 2 fully saturated rings. The van der Waals surface area contributed by atoms with Gasteiger partial charge in [0.2, 0.25) is 11.8 Å². The Morgan fingerprint density at radius 2 is 2.07 bits per heavy atom. The zero-order chi connectivity index (χ0) is 21.2. The Morgan fingerprint density at radius 1 is 1.38 bits per heavy atom. The molecule has 0 bridgehead atoms. The molecule has 2 N–H and O–H groups in total. The Balaban J connectivity index is 1.45. The maximum atomic E-state index is 12.5. The van der Waals surface area contributed by atoms with Crippen molar-refractivity contribution in [2.45, 2.75) is 59.0 Å². The van der Waals surface area contributed by atoms with Crippen LogP contribution < -0.4 is 5.32 Å². The third-order valence-electron chi connectivity index (χ3n) is 6.36. The van der Waals surface area contributed by atoms with E-state index in [9.17, 15) is 14.7 Å². The molecule has 2 amide bonds. The lowest BCUT2D eigenvalue weighted by atomic mass is 9.90. The molecule has 158 valence electrons. The predicted octanol–water partition coefficient (Wildman–Crippen LogP) is 2.70. The van der Waals surface area contributed by atoms with Crippen LogP contribution in [0.5, 0.6) is 0 Å². The highest BCUT2D eigenvalue weighted by molar-refractivity contribution is 5.97. The van der Waals surface area contributed by atoms with Crippen molar-refractivity contribution in [2.24, 2.45) is 11.3 Å². The van der Waals surface area contributed by atoms with Crippen LogP contribution in [0.15, 0.2) is 24.0 Å². The van der Waals surface area contributed by atoms with Crippen molar-refractivity contribution in [3.63, 3.8) is 0 Å². The summed E-state index contributed by atoms with van der Waals surface area (Å²) in [6.45, 7) is 9.35. The number of nitrogens with one attached hydrogen (secondary N) is 1. The van der Waals surface area contributed by atoms with Crippen LogP contribution in [0.2, 0.25) is 0 Å². The molecule has 1 aliphatic carbocycles. The topological polar surface area (TPSA) is 82.5 Å². The fourth-order valence-corrected chi connectivity index (χ4v) is 4.32. The van der Waals surface area contributed by atoms with E-state index in [1.165, 1.54) is 0 Å². The lowest BCUT2D eigenvalue weighted by molar-refractivity contribution is -0.137. The van der Waals surface area contributed by atoms with Gasteiger partial charge in [-0.25, -0.2) is 0 Å². The first-order chi connectivity index (χ1) is 13.6. The van der Waals surface area contributed by atoms with Gasteiger partial charge < -0.3 is 15.3 Å². The van der Waals surface area contributed by atoms with E-state index in [1.807, 2.05) is 30.9 Å².